The van der Waals surface area contributed by atoms with Gasteiger partial charge in [-0.05, 0) is 68.9 Å². The molecule has 1 atom stereocenters. The molecule has 0 aromatic heterocycles. The normalized spacial score (nSPS) is 16.4. The number of benzene rings is 2. The molecule has 1 aliphatic heterocycles. The molecule has 0 unspecified atom stereocenters. The van der Waals surface area contributed by atoms with Gasteiger partial charge in [0.15, 0.2) is 0 Å². The third-order valence-electron chi connectivity index (χ3n) is 6.02. The predicted molar refractivity (Wildman–Crippen MR) is 120 cm³/mol. The number of non-ortho nitro benzene ring substituents is 1. The maximum absolute atomic E-state index is 13.5. The Morgan fingerprint density at radius 3 is 2.29 bits per heavy atom. The summed E-state index contributed by atoms with van der Waals surface area (Å²) in [5.74, 6) is 0.725. The van der Waals surface area contributed by atoms with Crippen LogP contribution in [0.25, 0.3) is 0 Å². The molecule has 1 N–H and O–H groups in total. The SMILES string of the molecule is CC[C@@H](C)Oc1c(C)cc(NC(=O)C2(c3ccc([N+](=O)[O-])cc3)CCOCC2)cc1C. The molecule has 3 rings (SSSR count). The summed E-state index contributed by atoms with van der Waals surface area (Å²) in [6.07, 6.45) is 2.07. The van der Waals surface area contributed by atoms with Crippen molar-refractivity contribution in [1.82, 2.24) is 0 Å². The minimum atomic E-state index is -0.791. The van der Waals surface area contributed by atoms with Gasteiger partial charge in [0.05, 0.1) is 16.4 Å². The molecule has 1 fully saturated rings. The van der Waals surface area contributed by atoms with E-state index in [0.29, 0.717) is 31.7 Å². The molecule has 31 heavy (non-hydrogen) atoms. The number of nitrogens with zero attached hydrogens (tertiary/aromatic N) is 1. The van der Waals surface area contributed by atoms with Crippen LogP contribution in [0.3, 0.4) is 0 Å². The van der Waals surface area contributed by atoms with E-state index in [-0.39, 0.29) is 17.7 Å². The molecule has 1 amide bonds. The summed E-state index contributed by atoms with van der Waals surface area (Å²) in [6.45, 7) is 8.99. The van der Waals surface area contributed by atoms with Crippen molar-refractivity contribution in [3.63, 3.8) is 0 Å². The van der Waals surface area contributed by atoms with E-state index in [1.807, 2.05) is 32.9 Å². The van der Waals surface area contributed by atoms with Crippen molar-refractivity contribution in [3.8, 4) is 5.75 Å². The van der Waals surface area contributed by atoms with Crippen LogP contribution in [-0.2, 0) is 14.9 Å². The summed E-state index contributed by atoms with van der Waals surface area (Å²) in [7, 11) is 0. The number of carbonyl (C=O) groups is 1. The van der Waals surface area contributed by atoms with Gasteiger partial charge in [0.1, 0.15) is 5.75 Å². The zero-order chi connectivity index (χ0) is 22.6. The fourth-order valence-electron chi connectivity index (χ4n) is 4.01. The molecular formula is C24H30N2O5. The number of anilines is 1. The second kappa shape index (κ2) is 9.47. The van der Waals surface area contributed by atoms with E-state index in [1.54, 1.807) is 12.1 Å². The van der Waals surface area contributed by atoms with E-state index < -0.39 is 10.3 Å². The van der Waals surface area contributed by atoms with Gasteiger partial charge in [-0.15, -0.1) is 0 Å². The first-order chi connectivity index (χ1) is 14.8. The van der Waals surface area contributed by atoms with Crippen molar-refractivity contribution in [2.24, 2.45) is 0 Å². The molecule has 1 saturated heterocycles. The van der Waals surface area contributed by atoms with Gasteiger partial charge >= 0.3 is 0 Å². The van der Waals surface area contributed by atoms with E-state index in [9.17, 15) is 14.9 Å². The van der Waals surface area contributed by atoms with E-state index >= 15 is 0 Å². The van der Waals surface area contributed by atoms with Gasteiger partial charge in [-0.3, -0.25) is 14.9 Å². The summed E-state index contributed by atoms with van der Waals surface area (Å²) >= 11 is 0. The Morgan fingerprint density at radius 2 is 1.77 bits per heavy atom. The van der Waals surface area contributed by atoms with Gasteiger partial charge in [-0.1, -0.05) is 19.1 Å². The molecule has 166 valence electrons. The van der Waals surface area contributed by atoms with Crippen LogP contribution in [-0.4, -0.2) is 30.1 Å². The van der Waals surface area contributed by atoms with Gasteiger partial charge in [0, 0.05) is 31.0 Å². The predicted octanol–water partition coefficient (Wildman–Crippen LogP) is 5.08. The first-order valence-electron chi connectivity index (χ1n) is 10.7. The van der Waals surface area contributed by atoms with E-state index in [1.165, 1.54) is 12.1 Å². The van der Waals surface area contributed by atoms with Gasteiger partial charge < -0.3 is 14.8 Å². The van der Waals surface area contributed by atoms with Crippen molar-refractivity contribution in [2.75, 3.05) is 18.5 Å². The highest BCUT2D eigenvalue weighted by Gasteiger charge is 2.42. The Labute approximate surface area is 182 Å². The van der Waals surface area contributed by atoms with Crippen LogP contribution in [0.1, 0.15) is 49.8 Å². The Kier molecular flexibility index (Phi) is 6.95. The maximum atomic E-state index is 13.5. The fraction of sp³-hybridized carbons (Fsp3) is 0.458. The van der Waals surface area contributed by atoms with E-state index in [2.05, 4.69) is 12.2 Å². The second-order valence-electron chi connectivity index (χ2n) is 8.23. The molecule has 0 aliphatic carbocycles. The number of hydrogen-bond donors (Lipinski definition) is 1. The number of ether oxygens (including phenoxy) is 2. The third-order valence-corrected chi connectivity index (χ3v) is 6.02. The Balaban J connectivity index is 1.88. The first-order valence-corrected chi connectivity index (χ1v) is 10.7. The first kappa shape index (κ1) is 22.7. The summed E-state index contributed by atoms with van der Waals surface area (Å²) in [4.78, 5) is 24.1. The zero-order valence-electron chi connectivity index (χ0n) is 18.6. The molecule has 2 aromatic rings. The van der Waals surface area contributed by atoms with Crippen molar-refractivity contribution in [2.45, 2.75) is 58.5 Å². The number of nitro groups is 1. The average molecular weight is 427 g/mol. The lowest BCUT2D eigenvalue weighted by molar-refractivity contribution is -0.384. The monoisotopic (exact) mass is 426 g/mol. The molecule has 1 aliphatic rings. The molecular weight excluding hydrogens is 396 g/mol. The summed E-state index contributed by atoms with van der Waals surface area (Å²) in [6, 6.07) is 10.1. The molecule has 0 radical (unpaired) electrons. The fourth-order valence-corrected chi connectivity index (χ4v) is 4.01. The second-order valence-corrected chi connectivity index (χ2v) is 8.23. The number of nitrogens with one attached hydrogen (secondary N) is 1. The highest BCUT2D eigenvalue weighted by atomic mass is 16.6. The molecule has 0 bridgehead atoms. The largest absolute Gasteiger partial charge is 0.490 e. The summed E-state index contributed by atoms with van der Waals surface area (Å²) < 4.78 is 11.5. The number of nitro benzene ring substituents is 1. The lowest BCUT2D eigenvalue weighted by Gasteiger charge is -2.36. The van der Waals surface area contributed by atoms with Crippen LogP contribution < -0.4 is 10.1 Å². The van der Waals surface area contributed by atoms with Crippen LogP contribution in [0.5, 0.6) is 5.75 Å². The topological polar surface area (TPSA) is 90.7 Å². The Bertz CT molecular complexity index is 926. The Hall–Kier alpha value is -2.93. The standard InChI is InChI=1S/C24H30N2O5/c1-5-18(4)31-22-16(2)14-20(15-17(22)3)25-23(27)24(10-12-30-13-11-24)19-6-8-21(9-7-19)26(28)29/h6-9,14-15,18H,5,10-13H2,1-4H3,(H,25,27)/t18-/m1/s1. The Morgan fingerprint density at radius 1 is 1.19 bits per heavy atom. The third kappa shape index (κ3) is 4.88. The highest BCUT2D eigenvalue weighted by Crippen LogP contribution is 2.37. The molecule has 2 aromatic carbocycles. The zero-order valence-corrected chi connectivity index (χ0v) is 18.6. The minimum absolute atomic E-state index is 0.00881. The van der Waals surface area contributed by atoms with Crippen molar-refractivity contribution in [3.05, 3.63) is 63.2 Å². The van der Waals surface area contributed by atoms with Crippen LogP contribution >= 0.6 is 0 Å². The number of aryl methyl sites for hydroxylation is 2. The number of hydrogen-bond acceptors (Lipinski definition) is 5. The van der Waals surface area contributed by atoms with E-state index in [0.717, 1.165) is 28.9 Å². The van der Waals surface area contributed by atoms with Crippen LogP contribution in [0.2, 0.25) is 0 Å². The van der Waals surface area contributed by atoms with Crippen molar-refractivity contribution in [1.29, 1.82) is 0 Å². The van der Waals surface area contributed by atoms with Crippen LogP contribution in [0.15, 0.2) is 36.4 Å². The smallest absolute Gasteiger partial charge is 0.269 e. The lowest BCUT2D eigenvalue weighted by Crippen LogP contribution is -2.44. The molecule has 7 nitrogen and oxygen atoms in total. The minimum Gasteiger partial charge on any atom is -0.490 e. The number of amides is 1. The average Bonchev–Trinajstić information content (AvgIpc) is 2.76. The van der Waals surface area contributed by atoms with Gasteiger partial charge in [0.25, 0.3) is 5.69 Å². The lowest BCUT2D eigenvalue weighted by atomic mass is 9.73. The molecule has 0 saturated carbocycles. The van der Waals surface area contributed by atoms with Crippen LogP contribution in [0.4, 0.5) is 11.4 Å². The van der Waals surface area contributed by atoms with Gasteiger partial charge in [0.2, 0.25) is 5.91 Å². The number of carbonyl (C=O) groups excluding carboxylic acids is 1. The van der Waals surface area contributed by atoms with Crippen molar-refractivity contribution >= 4 is 17.3 Å². The quantitative estimate of drug-likeness (QED) is 0.493. The van der Waals surface area contributed by atoms with E-state index in [4.69, 9.17) is 9.47 Å². The molecule has 7 heteroatoms. The van der Waals surface area contributed by atoms with Gasteiger partial charge in [-0.2, -0.15) is 0 Å². The van der Waals surface area contributed by atoms with Crippen LogP contribution in [0, 0.1) is 24.0 Å². The highest BCUT2D eigenvalue weighted by molar-refractivity contribution is 5.99. The summed E-state index contributed by atoms with van der Waals surface area (Å²) in [5, 5.41) is 14.1. The molecule has 1 heterocycles. The van der Waals surface area contributed by atoms with Gasteiger partial charge in [-0.25, -0.2) is 0 Å². The van der Waals surface area contributed by atoms with Crippen molar-refractivity contribution < 1.29 is 19.2 Å². The number of rotatable bonds is 7. The maximum Gasteiger partial charge on any atom is 0.269 e. The summed E-state index contributed by atoms with van der Waals surface area (Å²) in [5.41, 5.74) is 2.63. The molecule has 0 spiro atoms.